The van der Waals surface area contributed by atoms with Crippen LogP contribution in [0.3, 0.4) is 0 Å². The molecule has 4 heterocycles. The maximum absolute atomic E-state index is 14.7. The summed E-state index contributed by atoms with van der Waals surface area (Å²) < 4.78 is 42.5. The quantitative estimate of drug-likeness (QED) is 0.228. The number of aliphatic hydroxyl groups is 5. The third kappa shape index (κ3) is 7.33. The molecular weight excluding hydrogens is 788 g/mol. The smallest absolute Gasteiger partial charge is 0.198 e. The van der Waals surface area contributed by atoms with Gasteiger partial charge in [-0.1, -0.05) is 12.1 Å². The molecule has 0 bridgehead atoms. The van der Waals surface area contributed by atoms with Crippen molar-refractivity contribution in [2.45, 2.75) is 183 Å². The minimum atomic E-state index is -2.47. The SMILES string of the molecule is C[C@@H]1O[C@@H](O[C@@H]2CC(c3ccc4c(c3O)C(=O)C3=C(C4=O)[C@]4(O[C@H]5CC[C@H](O)[C@H](C)O5)C(=O)CC(C)(O)C[C@@]4(O)C=C3)O[C@H](C)[C@H]2O)CC[C@@H]1O[C@H]1CC(=O)[C@H](O)[C@@H](C)O1. The maximum atomic E-state index is 14.7. The number of phenolic OH excluding ortho intramolecular Hbond substituents is 1. The first-order chi connectivity index (χ1) is 28.2. The number of Topliss-reactive ketones (excluding diaryl/α,β-unsaturated/α-hetero) is 4. The van der Waals surface area contributed by atoms with Gasteiger partial charge in [0.1, 0.15) is 23.6 Å². The van der Waals surface area contributed by atoms with Crippen LogP contribution in [0, 0.1) is 0 Å². The summed E-state index contributed by atoms with van der Waals surface area (Å²) in [4.78, 5) is 55.7. The molecule has 1 saturated carbocycles. The van der Waals surface area contributed by atoms with Crippen molar-refractivity contribution in [1.82, 2.24) is 0 Å². The zero-order chi connectivity index (χ0) is 43.2. The molecule has 60 heavy (non-hydrogen) atoms. The molecule has 8 rings (SSSR count). The molecule has 0 amide bonds. The number of carbonyl (C=O) groups excluding carboxylic acids is 4. The van der Waals surface area contributed by atoms with Gasteiger partial charge in [-0.3, -0.25) is 19.2 Å². The number of fused-ring (bicyclic) bond motifs is 3. The first-order valence-corrected chi connectivity index (χ1v) is 20.8. The summed E-state index contributed by atoms with van der Waals surface area (Å²) in [5.41, 5.74) is -7.59. The van der Waals surface area contributed by atoms with Gasteiger partial charge in [-0.25, -0.2) is 0 Å². The van der Waals surface area contributed by atoms with Crippen molar-refractivity contribution in [3.63, 3.8) is 0 Å². The summed E-state index contributed by atoms with van der Waals surface area (Å²) in [6, 6.07) is 2.76. The predicted molar refractivity (Wildman–Crippen MR) is 203 cm³/mol. The highest BCUT2D eigenvalue weighted by molar-refractivity contribution is 6.32. The van der Waals surface area contributed by atoms with Crippen LogP contribution in [-0.2, 0) is 42.7 Å². The minimum Gasteiger partial charge on any atom is -0.507 e. The van der Waals surface area contributed by atoms with Gasteiger partial charge in [0.25, 0.3) is 0 Å². The number of aromatic hydroxyl groups is 1. The van der Waals surface area contributed by atoms with Crippen molar-refractivity contribution in [1.29, 1.82) is 0 Å². The number of ether oxygens (including phenoxy) is 7. The fraction of sp³-hybridized carbons (Fsp3) is 0.674. The molecule has 16 atom stereocenters. The third-order valence-corrected chi connectivity index (χ3v) is 13.2. The molecule has 5 fully saturated rings. The van der Waals surface area contributed by atoms with Crippen LogP contribution in [0.2, 0.25) is 0 Å². The largest absolute Gasteiger partial charge is 0.507 e. The van der Waals surface area contributed by atoms with Gasteiger partial charge in [0, 0.05) is 48.8 Å². The lowest BCUT2D eigenvalue weighted by molar-refractivity contribution is -0.296. The summed E-state index contributed by atoms with van der Waals surface area (Å²) >= 11 is 0. The fourth-order valence-corrected chi connectivity index (χ4v) is 9.95. The lowest BCUT2D eigenvalue weighted by atomic mass is 9.57. The van der Waals surface area contributed by atoms with Gasteiger partial charge in [0.2, 0.25) is 0 Å². The molecule has 7 aliphatic rings. The van der Waals surface area contributed by atoms with E-state index in [-0.39, 0.29) is 53.7 Å². The van der Waals surface area contributed by atoms with Crippen LogP contribution in [0.4, 0.5) is 0 Å². The predicted octanol–water partition coefficient (Wildman–Crippen LogP) is 1.69. The molecule has 6 N–H and O–H groups in total. The maximum Gasteiger partial charge on any atom is 0.198 e. The Labute approximate surface area is 346 Å². The van der Waals surface area contributed by atoms with Crippen molar-refractivity contribution in [2.75, 3.05) is 0 Å². The molecule has 1 aromatic rings. The fourth-order valence-electron chi connectivity index (χ4n) is 9.95. The molecule has 328 valence electrons. The zero-order valence-electron chi connectivity index (χ0n) is 34.1. The lowest BCUT2D eigenvalue weighted by Crippen LogP contribution is -2.71. The molecule has 4 aliphatic heterocycles. The van der Waals surface area contributed by atoms with E-state index in [0.717, 1.165) is 0 Å². The van der Waals surface area contributed by atoms with Crippen LogP contribution in [0.1, 0.15) is 118 Å². The molecule has 0 radical (unpaired) electrons. The number of allylic oxidation sites excluding steroid dienone is 2. The van der Waals surface area contributed by atoms with E-state index in [1.807, 2.05) is 0 Å². The number of benzene rings is 1. The molecular formula is C43H54O17. The molecule has 4 saturated heterocycles. The molecule has 2 unspecified atom stereocenters. The Kier molecular flexibility index (Phi) is 11.4. The van der Waals surface area contributed by atoms with E-state index in [0.29, 0.717) is 12.8 Å². The summed E-state index contributed by atoms with van der Waals surface area (Å²) in [6.45, 7) is 8.02. The second-order valence-electron chi connectivity index (χ2n) is 17.8. The Balaban J connectivity index is 1.03. The standard InChI is InChI=1S/C43H54O17/c1-18-25(44)8-10-32(55-18)60-43-30(46)16-41(5,52)17-42(43,53)13-12-24-35(43)40(51)23-7-6-22(38(49)34(23)39(24)50)28-15-29(37(48)21(4)54-28)59-31-11-9-27(19(2)56-31)58-33-14-26(45)36(47)20(3)57-33/h6-7,12-13,18-21,25,27-29,31-33,36-37,44,47-49,52-53H,8-11,14-17H2,1-5H3/t18-,19-,20+,21+,25-,27-,28?,29+,31-,32-,33-,36+,37+,41?,42-,43+/m0/s1. The van der Waals surface area contributed by atoms with E-state index in [1.165, 1.54) is 31.2 Å². The van der Waals surface area contributed by atoms with Crippen LogP contribution < -0.4 is 0 Å². The third-order valence-electron chi connectivity index (χ3n) is 13.2. The van der Waals surface area contributed by atoms with E-state index in [4.69, 9.17) is 33.2 Å². The van der Waals surface area contributed by atoms with Crippen molar-refractivity contribution in [3.05, 3.63) is 52.1 Å². The van der Waals surface area contributed by atoms with Crippen molar-refractivity contribution in [3.8, 4) is 5.75 Å². The van der Waals surface area contributed by atoms with Crippen LogP contribution in [-0.4, -0.2) is 144 Å². The van der Waals surface area contributed by atoms with Gasteiger partial charge in [0.15, 0.2) is 47.6 Å². The van der Waals surface area contributed by atoms with E-state index < -0.39 is 138 Å². The Morgan fingerprint density at radius 3 is 2.15 bits per heavy atom. The first kappa shape index (κ1) is 43.4. The first-order valence-electron chi connectivity index (χ1n) is 20.8. The normalized spacial score (nSPS) is 44.7. The van der Waals surface area contributed by atoms with Crippen LogP contribution >= 0.6 is 0 Å². The summed E-state index contributed by atoms with van der Waals surface area (Å²) in [5.74, 6) is -3.41. The van der Waals surface area contributed by atoms with Crippen molar-refractivity contribution >= 4 is 23.1 Å². The monoisotopic (exact) mass is 842 g/mol. The highest BCUT2D eigenvalue weighted by Gasteiger charge is 2.69. The Morgan fingerprint density at radius 2 is 1.45 bits per heavy atom. The number of carbonyl (C=O) groups is 4. The second kappa shape index (κ2) is 15.8. The number of hydrogen-bond acceptors (Lipinski definition) is 17. The van der Waals surface area contributed by atoms with Crippen LogP contribution in [0.15, 0.2) is 35.4 Å². The summed E-state index contributed by atoms with van der Waals surface area (Å²) in [7, 11) is 0. The highest BCUT2D eigenvalue weighted by atomic mass is 16.7. The Bertz CT molecular complexity index is 1990. The van der Waals surface area contributed by atoms with Gasteiger partial charge in [-0.2, -0.15) is 0 Å². The lowest BCUT2D eigenvalue weighted by Gasteiger charge is -2.55. The number of hydrogen-bond donors (Lipinski definition) is 6. The van der Waals surface area contributed by atoms with E-state index in [1.54, 1.807) is 27.7 Å². The molecule has 0 aromatic heterocycles. The molecule has 17 nitrogen and oxygen atoms in total. The minimum absolute atomic E-state index is 0.0210. The van der Waals surface area contributed by atoms with Crippen LogP contribution in [0.25, 0.3) is 0 Å². The van der Waals surface area contributed by atoms with E-state index >= 15 is 0 Å². The Morgan fingerprint density at radius 1 is 0.767 bits per heavy atom. The van der Waals surface area contributed by atoms with Crippen molar-refractivity contribution in [2.24, 2.45) is 0 Å². The second-order valence-corrected chi connectivity index (χ2v) is 17.8. The van der Waals surface area contributed by atoms with Gasteiger partial charge in [-0.15, -0.1) is 0 Å². The number of phenols is 1. The van der Waals surface area contributed by atoms with E-state index in [2.05, 4.69) is 0 Å². The topological polar surface area (TPSA) is 254 Å². The number of aliphatic hydroxyl groups excluding tert-OH is 3. The molecule has 3 aliphatic carbocycles. The summed E-state index contributed by atoms with van der Waals surface area (Å²) in [6.07, 6.45) is -8.21. The van der Waals surface area contributed by atoms with Gasteiger partial charge < -0.3 is 63.8 Å². The molecule has 1 aromatic carbocycles. The molecule has 17 heteroatoms. The average Bonchev–Trinajstić information content (AvgIpc) is 3.17. The van der Waals surface area contributed by atoms with E-state index in [9.17, 15) is 49.8 Å². The van der Waals surface area contributed by atoms with Crippen LogP contribution in [0.5, 0.6) is 5.75 Å². The number of rotatable bonds is 7. The van der Waals surface area contributed by atoms with Gasteiger partial charge in [0.05, 0.1) is 72.0 Å². The Hall–Kier alpha value is -3.30. The van der Waals surface area contributed by atoms with Gasteiger partial charge in [-0.05, 0) is 59.6 Å². The highest BCUT2D eigenvalue weighted by Crippen LogP contribution is 2.54. The van der Waals surface area contributed by atoms with Crippen molar-refractivity contribution < 1.29 is 83.0 Å². The average molecular weight is 843 g/mol. The summed E-state index contributed by atoms with van der Waals surface area (Å²) in [5, 5.41) is 66.5. The molecule has 0 spiro atoms. The zero-order valence-corrected chi connectivity index (χ0v) is 34.1. The van der Waals surface area contributed by atoms with Gasteiger partial charge >= 0.3 is 0 Å². The number of ketones is 4.